The molecule has 0 aliphatic heterocycles. The lowest BCUT2D eigenvalue weighted by molar-refractivity contribution is 0.774. The van der Waals surface area contributed by atoms with E-state index in [1.54, 1.807) is 0 Å². The van der Waals surface area contributed by atoms with Gasteiger partial charge in [-0.25, -0.2) is 0 Å². The topological polar surface area (TPSA) is 0 Å². The fraction of sp³-hybridized carbons (Fsp3) is 0.478. The summed E-state index contributed by atoms with van der Waals surface area (Å²) in [7, 11) is 0. The van der Waals surface area contributed by atoms with E-state index in [4.69, 9.17) is 0 Å². The average Bonchev–Trinajstić information content (AvgIpc) is 2.64. The van der Waals surface area contributed by atoms with Crippen molar-refractivity contribution in [3.8, 4) is 0 Å². The predicted molar refractivity (Wildman–Crippen MR) is 118 cm³/mol. The van der Waals surface area contributed by atoms with Gasteiger partial charge in [0.15, 0.2) is 0 Å². The van der Waals surface area contributed by atoms with Gasteiger partial charge in [0, 0.05) is 0 Å². The van der Waals surface area contributed by atoms with E-state index in [0.29, 0.717) is 0 Å². The molecule has 0 N–H and O–H groups in total. The lowest BCUT2D eigenvalue weighted by atomic mass is 10.0. The number of hydrogen-bond donors (Lipinski definition) is 0. The van der Waals surface area contributed by atoms with E-state index >= 15 is 0 Å². The minimum Gasteiger partial charge on any atom is -0.144 e. The van der Waals surface area contributed by atoms with Crippen molar-refractivity contribution in [3.05, 3.63) is 71.8 Å². The predicted octanol–water partition coefficient (Wildman–Crippen LogP) is 7.23. The van der Waals surface area contributed by atoms with Crippen LogP contribution in [0.15, 0.2) is 60.7 Å². The zero-order chi connectivity index (χ0) is 17.8. The van der Waals surface area contributed by atoms with Crippen molar-refractivity contribution in [3.63, 3.8) is 0 Å². The van der Waals surface area contributed by atoms with Gasteiger partial charge >= 0.3 is 0 Å². The highest BCUT2D eigenvalue weighted by molar-refractivity contribution is 8.18. The molecule has 0 amide bonds. The summed E-state index contributed by atoms with van der Waals surface area (Å²) in [4.78, 5) is 0. The standard InChI is InChI=1S/C23H32S2/c1-3-5-17-24-23(25-18-6-4-2,19-21-13-9-7-10-14-21)20-22-15-11-8-12-16-22/h7-16H,3-6,17-20H2,1-2H3. The molecule has 2 aromatic rings. The first-order chi connectivity index (χ1) is 12.3. The maximum absolute atomic E-state index is 2.29. The van der Waals surface area contributed by atoms with E-state index < -0.39 is 0 Å². The SMILES string of the molecule is CCCCSC(Cc1ccccc1)(Cc1ccccc1)SCCCC. The molecule has 0 radical (unpaired) electrons. The summed E-state index contributed by atoms with van der Waals surface area (Å²) in [6.45, 7) is 4.59. The molecule has 0 atom stereocenters. The average molecular weight is 373 g/mol. The van der Waals surface area contributed by atoms with E-state index in [-0.39, 0.29) is 4.08 Å². The van der Waals surface area contributed by atoms with Crippen LogP contribution in [0.4, 0.5) is 0 Å². The van der Waals surface area contributed by atoms with Gasteiger partial charge in [-0.1, -0.05) is 87.4 Å². The van der Waals surface area contributed by atoms with Gasteiger partial charge in [0.2, 0.25) is 0 Å². The van der Waals surface area contributed by atoms with Gasteiger partial charge in [-0.15, -0.1) is 23.5 Å². The quantitative estimate of drug-likeness (QED) is 0.284. The molecule has 0 saturated heterocycles. The summed E-state index contributed by atoms with van der Waals surface area (Å²) in [5, 5.41) is 0. The second-order valence-electron chi connectivity index (χ2n) is 6.64. The van der Waals surface area contributed by atoms with E-state index in [2.05, 4.69) is 98.0 Å². The number of unbranched alkanes of at least 4 members (excludes halogenated alkanes) is 2. The first-order valence-corrected chi connectivity index (χ1v) is 11.6. The summed E-state index contributed by atoms with van der Waals surface area (Å²) < 4.78 is 0.243. The van der Waals surface area contributed by atoms with Gasteiger partial charge in [0.25, 0.3) is 0 Å². The zero-order valence-corrected chi connectivity index (χ0v) is 17.4. The molecule has 0 aliphatic rings. The first-order valence-electron chi connectivity index (χ1n) is 9.64. The van der Waals surface area contributed by atoms with E-state index in [9.17, 15) is 0 Å². The molecule has 0 saturated carbocycles. The third-order valence-corrected chi connectivity index (χ3v) is 7.68. The highest BCUT2D eigenvalue weighted by Crippen LogP contribution is 2.44. The number of rotatable bonds is 12. The van der Waals surface area contributed by atoms with Crippen molar-refractivity contribution < 1.29 is 0 Å². The van der Waals surface area contributed by atoms with Crippen LogP contribution in [-0.4, -0.2) is 15.6 Å². The lowest BCUT2D eigenvalue weighted by Gasteiger charge is -2.34. The summed E-state index contributed by atoms with van der Waals surface area (Å²) in [5.74, 6) is 2.52. The summed E-state index contributed by atoms with van der Waals surface area (Å²) in [6.07, 6.45) is 7.46. The molecule has 0 aromatic heterocycles. The molecular formula is C23H32S2. The van der Waals surface area contributed by atoms with Crippen LogP contribution in [0.25, 0.3) is 0 Å². The van der Waals surface area contributed by atoms with E-state index in [1.165, 1.54) is 48.3 Å². The van der Waals surface area contributed by atoms with Gasteiger partial charge in [-0.3, -0.25) is 0 Å². The number of benzene rings is 2. The van der Waals surface area contributed by atoms with Crippen molar-refractivity contribution in [1.29, 1.82) is 0 Å². The van der Waals surface area contributed by atoms with Crippen LogP contribution >= 0.6 is 23.5 Å². The van der Waals surface area contributed by atoms with Gasteiger partial charge < -0.3 is 0 Å². The second-order valence-corrected chi connectivity index (χ2v) is 9.85. The minimum absolute atomic E-state index is 0.243. The Kier molecular flexibility index (Phi) is 9.57. The maximum atomic E-state index is 2.29. The largest absolute Gasteiger partial charge is 0.144 e. The van der Waals surface area contributed by atoms with Crippen LogP contribution in [0.2, 0.25) is 0 Å². The maximum Gasteiger partial charge on any atom is 0.0691 e. The summed E-state index contributed by atoms with van der Waals surface area (Å²) >= 11 is 4.39. The highest BCUT2D eigenvalue weighted by Gasteiger charge is 2.31. The van der Waals surface area contributed by atoms with Crippen LogP contribution in [0.5, 0.6) is 0 Å². The molecule has 136 valence electrons. The van der Waals surface area contributed by atoms with Crippen LogP contribution in [0, 0.1) is 0 Å². The summed E-state index contributed by atoms with van der Waals surface area (Å²) in [6, 6.07) is 22.1. The van der Waals surface area contributed by atoms with Crippen molar-refractivity contribution in [2.45, 2.75) is 56.5 Å². The van der Waals surface area contributed by atoms with Crippen LogP contribution in [0.3, 0.4) is 0 Å². The van der Waals surface area contributed by atoms with Crippen LogP contribution in [-0.2, 0) is 12.8 Å². The summed E-state index contributed by atoms with van der Waals surface area (Å²) in [5.41, 5.74) is 2.93. The molecule has 0 fully saturated rings. The van der Waals surface area contributed by atoms with Crippen LogP contribution in [0.1, 0.15) is 50.7 Å². The molecule has 2 heteroatoms. The fourth-order valence-corrected chi connectivity index (χ4v) is 6.45. The molecule has 2 rings (SSSR count). The Hall–Kier alpha value is -0.860. The van der Waals surface area contributed by atoms with Crippen molar-refractivity contribution in [2.24, 2.45) is 0 Å². The molecule has 0 bridgehead atoms. The van der Waals surface area contributed by atoms with Gasteiger partial charge in [0.05, 0.1) is 4.08 Å². The van der Waals surface area contributed by atoms with Crippen molar-refractivity contribution >= 4 is 23.5 Å². The van der Waals surface area contributed by atoms with Gasteiger partial charge in [-0.05, 0) is 48.3 Å². The third kappa shape index (κ3) is 7.50. The normalized spacial score (nSPS) is 11.6. The Bertz CT molecular complexity index is 512. The minimum atomic E-state index is 0.243. The van der Waals surface area contributed by atoms with E-state index in [0.717, 1.165) is 12.8 Å². The first kappa shape index (κ1) is 20.5. The molecule has 2 aromatic carbocycles. The molecular weight excluding hydrogens is 340 g/mol. The molecule has 0 unspecified atom stereocenters. The Labute approximate surface area is 163 Å². The smallest absolute Gasteiger partial charge is 0.0691 e. The molecule has 0 heterocycles. The molecule has 0 spiro atoms. The Morgan fingerprint density at radius 3 is 1.40 bits per heavy atom. The number of thioether (sulfide) groups is 2. The Balaban J connectivity index is 2.22. The van der Waals surface area contributed by atoms with Crippen molar-refractivity contribution in [2.75, 3.05) is 11.5 Å². The fourth-order valence-electron chi connectivity index (χ4n) is 2.93. The number of hydrogen-bond acceptors (Lipinski definition) is 2. The van der Waals surface area contributed by atoms with Gasteiger partial charge in [-0.2, -0.15) is 0 Å². The van der Waals surface area contributed by atoms with Crippen molar-refractivity contribution in [1.82, 2.24) is 0 Å². The Morgan fingerprint density at radius 1 is 0.640 bits per heavy atom. The van der Waals surface area contributed by atoms with E-state index in [1.807, 2.05) is 0 Å². The molecule has 0 aliphatic carbocycles. The van der Waals surface area contributed by atoms with Gasteiger partial charge in [0.1, 0.15) is 0 Å². The monoisotopic (exact) mass is 372 g/mol. The third-order valence-electron chi connectivity index (χ3n) is 4.36. The lowest BCUT2D eigenvalue weighted by Crippen LogP contribution is -2.28. The highest BCUT2D eigenvalue weighted by atomic mass is 32.2. The second kappa shape index (κ2) is 11.7. The van der Waals surface area contributed by atoms with Crippen LogP contribution < -0.4 is 0 Å². The zero-order valence-electron chi connectivity index (χ0n) is 15.7. The molecule has 0 nitrogen and oxygen atoms in total. The molecule has 25 heavy (non-hydrogen) atoms. The Morgan fingerprint density at radius 2 is 1.04 bits per heavy atom.